The summed E-state index contributed by atoms with van der Waals surface area (Å²) in [5, 5.41) is 14.6. The Morgan fingerprint density at radius 1 is 1.67 bits per heavy atom. The van der Waals surface area contributed by atoms with E-state index in [0.29, 0.717) is 11.3 Å². The molecule has 0 amide bonds. The number of aliphatic hydroxyl groups excluding tert-OH is 1. The van der Waals surface area contributed by atoms with Gasteiger partial charge in [0.25, 0.3) is 0 Å². The molecule has 80 valence electrons. The molecule has 0 aliphatic carbocycles. The van der Waals surface area contributed by atoms with E-state index in [9.17, 15) is 4.39 Å². The highest BCUT2D eigenvalue weighted by atomic mass is 19.1. The predicted molar refractivity (Wildman–Crippen MR) is 55.1 cm³/mol. The van der Waals surface area contributed by atoms with Crippen molar-refractivity contribution in [1.29, 1.82) is 5.53 Å². The number of aliphatic hydroxyl groups is 1. The van der Waals surface area contributed by atoms with Crippen LogP contribution in [0.2, 0.25) is 0 Å². The monoisotopic (exact) mass is 209 g/mol. The normalized spacial score (nSPS) is 11.3. The van der Waals surface area contributed by atoms with E-state index in [-0.39, 0.29) is 18.1 Å². The molecular weight excluding hydrogens is 197 g/mol. The zero-order chi connectivity index (χ0) is 11.3. The minimum Gasteiger partial charge on any atom is -0.390 e. The minimum atomic E-state index is -0.329. The number of benzene rings is 1. The van der Waals surface area contributed by atoms with Crippen LogP contribution in [0.15, 0.2) is 35.2 Å². The van der Waals surface area contributed by atoms with Crippen LogP contribution in [0.25, 0.3) is 0 Å². The Morgan fingerprint density at radius 2 is 2.40 bits per heavy atom. The molecule has 0 atom stereocenters. The Bertz CT molecular complexity index is 390. The second-order valence-corrected chi connectivity index (χ2v) is 2.96. The van der Waals surface area contributed by atoms with Crippen molar-refractivity contribution in [3.05, 3.63) is 41.5 Å². The van der Waals surface area contributed by atoms with Gasteiger partial charge in [0.2, 0.25) is 0 Å². The van der Waals surface area contributed by atoms with Crippen LogP contribution in [0.1, 0.15) is 5.56 Å². The molecule has 0 spiro atoms. The van der Waals surface area contributed by atoms with Crippen LogP contribution in [0, 0.1) is 18.3 Å². The van der Waals surface area contributed by atoms with E-state index in [0.717, 1.165) is 0 Å². The second kappa shape index (κ2) is 5.21. The van der Waals surface area contributed by atoms with Crippen molar-refractivity contribution in [2.24, 2.45) is 5.11 Å². The molecule has 5 heteroatoms. The summed E-state index contributed by atoms with van der Waals surface area (Å²) in [4.78, 5) is 0. The smallest absolute Gasteiger partial charge is 0.128 e. The van der Waals surface area contributed by atoms with Crippen molar-refractivity contribution in [2.45, 2.75) is 6.92 Å². The van der Waals surface area contributed by atoms with Crippen LogP contribution >= 0.6 is 0 Å². The first-order valence-corrected chi connectivity index (χ1v) is 4.38. The van der Waals surface area contributed by atoms with Gasteiger partial charge in [-0.1, -0.05) is 6.07 Å². The van der Waals surface area contributed by atoms with Gasteiger partial charge in [-0.25, -0.2) is 9.92 Å². The lowest BCUT2D eigenvalue weighted by molar-refractivity contribution is 0.328. The predicted octanol–water partition coefficient (Wildman–Crippen LogP) is 2.41. The van der Waals surface area contributed by atoms with Gasteiger partial charge in [0.05, 0.1) is 6.61 Å². The topological polar surface area (TPSA) is 68.5 Å². The van der Waals surface area contributed by atoms with Gasteiger partial charge in [-0.2, -0.15) is 5.11 Å². The molecule has 0 unspecified atom stereocenters. The molecule has 0 heterocycles. The number of halogens is 1. The second-order valence-electron chi connectivity index (χ2n) is 2.96. The molecule has 0 aliphatic rings. The third kappa shape index (κ3) is 2.85. The average Bonchev–Trinajstić information content (AvgIpc) is 2.25. The van der Waals surface area contributed by atoms with Gasteiger partial charge in [-0.15, -0.1) is 0 Å². The van der Waals surface area contributed by atoms with Gasteiger partial charge in [-0.3, -0.25) is 0 Å². The Labute approximate surface area is 86.9 Å². The lowest BCUT2D eigenvalue weighted by Gasteiger charge is -2.06. The zero-order valence-corrected chi connectivity index (χ0v) is 8.29. The first-order valence-electron chi connectivity index (χ1n) is 4.38. The van der Waals surface area contributed by atoms with E-state index >= 15 is 0 Å². The quantitative estimate of drug-likeness (QED) is 0.666. The van der Waals surface area contributed by atoms with Crippen LogP contribution in [0.4, 0.5) is 10.1 Å². The Hall–Kier alpha value is -1.75. The number of hydrogen-bond acceptors (Lipinski definition) is 4. The molecule has 3 N–H and O–H groups in total. The first-order chi connectivity index (χ1) is 7.19. The molecule has 15 heavy (non-hydrogen) atoms. The third-order valence-electron chi connectivity index (χ3n) is 1.97. The number of rotatable bonds is 4. The number of hydrogen-bond donors (Lipinski definition) is 3. The van der Waals surface area contributed by atoms with Crippen LogP contribution in [-0.4, -0.2) is 11.7 Å². The van der Waals surface area contributed by atoms with Crippen molar-refractivity contribution in [2.75, 3.05) is 11.9 Å². The Kier molecular flexibility index (Phi) is 3.93. The fraction of sp³-hybridized carbons (Fsp3) is 0.200. The van der Waals surface area contributed by atoms with Gasteiger partial charge in [0, 0.05) is 17.5 Å². The summed E-state index contributed by atoms with van der Waals surface area (Å²) in [6.07, 6.45) is 1.37. The van der Waals surface area contributed by atoms with Crippen molar-refractivity contribution in [1.82, 2.24) is 0 Å². The van der Waals surface area contributed by atoms with Gasteiger partial charge in [-0.05, 0) is 19.1 Å². The highest BCUT2D eigenvalue weighted by molar-refractivity contribution is 5.53. The molecule has 4 nitrogen and oxygen atoms in total. The molecule has 0 aliphatic heterocycles. The molecule has 0 radical (unpaired) electrons. The van der Waals surface area contributed by atoms with Crippen LogP contribution in [-0.2, 0) is 0 Å². The highest BCUT2D eigenvalue weighted by Gasteiger charge is 2.01. The van der Waals surface area contributed by atoms with E-state index < -0.39 is 0 Å². The van der Waals surface area contributed by atoms with Crippen LogP contribution in [0.5, 0.6) is 0 Å². The summed E-state index contributed by atoms with van der Waals surface area (Å²) in [6.45, 7) is 1.31. The molecule has 0 saturated carbocycles. The van der Waals surface area contributed by atoms with Gasteiger partial charge in [0.15, 0.2) is 0 Å². The molecule has 1 aromatic rings. The van der Waals surface area contributed by atoms with E-state index in [2.05, 4.69) is 10.4 Å². The van der Waals surface area contributed by atoms with Gasteiger partial charge >= 0.3 is 0 Å². The standard InChI is InChI=1S/C10H12FN3O/c1-7-9(11)3-2-4-10(7)13-5-8(6-15)14-12/h2-5,12-13,15H,6H2,1H3/b8-5-,14-12?. The summed E-state index contributed by atoms with van der Waals surface area (Å²) in [5.74, 6) is -0.304. The summed E-state index contributed by atoms with van der Waals surface area (Å²) >= 11 is 0. The fourth-order valence-corrected chi connectivity index (χ4v) is 1.04. The number of anilines is 1. The lowest BCUT2D eigenvalue weighted by atomic mass is 10.2. The minimum absolute atomic E-state index is 0.179. The van der Waals surface area contributed by atoms with Crippen LogP contribution in [0.3, 0.4) is 0 Å². The maximum absolute atomic E-state index is 13.1. The zero-order valence-electron chi connectivity index (χ0n) is 8.29. The Morgan fingerprint density at radius 3 is 3.00 bits per heavy atom. The molecule has 1 aromatic carbocycles. The fourth-order valence-electron chi connectivity index (χ4n) is 1.04. The van der Waals surface area contributed by atoms with Gasteiger partial charge in [0.1, 0.15) is 11.5 Å². The number of nitrogens with zero attached hydrogens (tertiary/aromatic N) is 1. The summed E-state index contributed by atoms with van der Waals surface area (Å²) in [6, 6.07) is 4.65. The van der Waals surface area contributed by atoms with E-state index in [1.165, 1.54) is 12.3 Å². The first kappa shape index (κ1) is 11.3. The molecule has 0 bridgehead atoms. The van der Waals surface area contributed by atoms with Crippen molar-refractivity contribution in [3.63, 3.8) is 0 Å². The van der Waals surface area contributed by atoms with Crippen molar-refractivity contribution >= 4 is 5.69 Å². The van der Waals surface area contributed by atoms with Crippen LogP contribution < -0.4 is 5.32 Å². The molecular formula is C10H12FN3O. The molecule has 0 saturated heterocycles. The number of nitrogens with one attached hydrogen (secondary N) is 2. The van der Waals surface area contributed by atoms with Gasteiger partial charge < -0.3 is 10.4 Å². The lowest BCUT2D eigenvalue weighted by Crippen LogP contribution is -1.96. The summed E-state index contributed by atoms with van der Waals surface area (Å²) < 4.78 is 13.1. The maximum atomic E-state index is 13.1. The molecule has 0 aromatic heterocycles. The maximum Gasteiger partial charge on any atom is 0.128 e. The summed E-state index contributed by atoms with van der Waals surface area (Å²) in [5.41, 5.74) is 7.95. The Balaban J connectivity index is 2.86. The highest BCUT2D eigenvalue weighted by Crippen LogP contribution is 2.17. The molecule has 0 fully saturated rings. The average molecular weight is 209 g/mol. The molecule has 1 rings (SSSR count). The van der Waals surface area contributed by atoms with E-state index in [1.807, 2.05) is 0 Å². The van der Waals surface area contributed by atoms with E-state index in [4.69, 9.17) is 10.6 Å². The SMILES string of the molecule is Cc1c(F)cccc1N/C=C(/CO)N=N. The van der Waals surface area contributed by atoms with Crippen molar-refractivity contribution < 1.29 is 9.50 Å². The van der Waals surface area contributed by atoms with Crippen molar-refractivity contribution in [3.8, 4) is 0 Å². The third-order valence-corrected chi connectivity index (χ3v) is 1.97. The largest absolute Gasteiger partial charge is 0.390 e. The summed E-state index contributed by atoms with van der Waals surface area (Å²) in [7, 11) is 0. The van der Waals surface area contributed by atoms with E-state index in [1.54, 1.807) is 19.1 Å².